The molecule has 1 saturated heterocycles. The van der Waals surface area contributed by atoms with Crippen LogP contribution in [0.4, 0.5) is 5.69 Å². The number of carbonyl (C=O) groups is 1. The van der Waals surface area contributed by atoms with Gasteiger partial charge in [0.25, 0.3) is 5.91 Å². The van der Waals surface area contributed by atoms with Gasteiger partial charge in [-0.05, 0) is 48.9 Å². The zero-order chi connectivity index (χ0) is 21.8. The number of morpholine rings is 1. The van der Waals surface area contributed by atoms with Gasteiger partial charge in [-0.15, -0.1) is 11.3 Å². The Morgan fingerprint density at radius 2 is 1.81 bits per heavy atom. The number of aryl methyl sites for hydroxylation is 1. The summed E-state index contributed by atoms with van der Waals surface area (Å²) in [6.45, 7) is 5.81. The van der Waals surface area contributed by atoms with E-state index in [4.69, 9.17) is 9.47 Å². The molecule has 7 heteroatoms. The molecule has 31 heavy (non-hydrogen) atoms. The van der Waals surface area contributed by atoms with Crippen LogP contribution in [0.3, 0.4) is 0 Å². The first-order valence-electron chi connectivity index (χ1n) is 10.3. The van der Waals surface area contributed by atoms with E-state index in [1.165, 1.54) is 17.0 Å². The van der Waals surface area contributed by atoms with E-state index in [1.807, 2.05) is 38.2 Å². The van der Waals surface area contributed by atoms with Gasteiger partial charge < -0.3 is 19.3 Å². The molecule has 1 fully saturated rings. The number of anilines is 1. The normalized spacial score (nSPS) is 13.8. The highest BCUT2D eigenvalue weighted by Gasteiger charge is 2.20. The molecule has 0 atom stereocenters. The molecule has 162 valence electrons. The third-order valence-corrected chi connectivity index (χ3v) is 6.60. The predicted molar refractivity (Wildman–Crippen MR) is 124 cm³/mol. The molecule has 0 radical (unpaired) electrons. The van der Waals surface area contributed by atoms with E-state index in [-0.39, 0.29) is 5.91 Å². The second kappa shape index (κ2) is 9.49. The van der Waals surface area contributed by atoms with Crippen LogP contribution in [0.15, 0.2) is 48.5 Å². The topological polar surface area (TPSA) is 54.9 Å². The third-order valence-electron chi connectivity index (χ3n) is 5.41. The van der Waals surface area contributed by atoms with Crippen LogP contribution in [0.1, 0.15) is 20.9 Å². The lowest BCUT2D eigenvalue weighted by Crippen LogP contribution is -2.36. The molecule has 0 aliphatic carbocycles. The number of aromatic nitrogens is 1. The van der Waals surface area contributed by atoms with Gasteiger partial charge in [0.2, 0.25) is 0 Å². The Hall–Kier alpha value is -2.90. The molecule has 0 spiro atoms. The fourth-order valence-electron chi connectivity index (χ4n) is 3.60. The Bertz CT molecular complexity index is 1030. The molecule has 1 amide bonds. The summed E-state index contributed by atoms with van der Waals surface area (Å²) in [7, 11) is 3.48. The van der Waals surface area contributed by atoms with Crippen molar-refractivity contribution in [3.63, 3.8) is 0 Å². The Balaban J connectivity index is 1.43. The Morgan fingerprint density at radius 1 is 1.13 bits per heavy atom. The molecular formula is C24H27N3O3S. The average molecular weight is 438 g/mol. The maximum Gasteiger partial charge on any atom is 0.265 e. The summed E-state index contributed by atoms with van der Waals surface area (Å²) in [5.41, 5.74) is 4.04. The fraction of sp³-hybridized carbons (Fsp3) is 0.333. The first-order valence-corrected chi connectivity index (χ1v) is 11.2. The molecule has 1 aliphatic rings. The molecule has 1 aliphatic heterocycles. The maximum absolute atomic E-state index is 13.1. The van der Waals surface area contributed by atoms with Crippen LogP contribution in [0.5, 0.6) is 5.75 Å². The summed E-state index contributed by atoms with van der Waals surface area (Å²) in [6.07, 6.45) is 0. The minimum Gasteiger partial charge on any atom is -0.497 e. The van der Waals surface area contributed by atoms with Gasteiger partial charge in [-0.1, -0.05) is 12.1 Å². The first kappa shape index (κ1) is 21.3. The minimum atomic E-state index is -0.00739. The molecule has 4 rings (SSSR count). The summed E-state index contributed by atoms with van der Waals surface area (Å²) >= 11 is 1.43. The van der Waals surface area contributed by atoms with Gasteiger partial charge in [0.15, 0.2) is 0 Å². The summed E-state index contributed by atoms with van der Waals surface area (Å²) in [6, 6.07) is 16.2. The van der Waals surface area contributed by atoms with E-state index in [0.717, 1.165) is 53.9 Å². The van der Waals surface area contributed by atoms with Crippen molar-refractivity contribution in [3.05, 3.63) is 64.7 Å². The number of hydrogen-bond acceptors (Lipinski definition) is 6. The van der Waals surface area contributed by atoms with Gasteiger partial charge in [-0.25, -0.2) is 4.98 Å². The molecule has 6 nitrogen and oxygen atoms in total. The number of rotatable bonds is 6. The van der Waals surface area contributed by atoms with Crippen molar-refractivity contribution in [2.75, 3.05) is 45.4 Å². The predicted octanol–water partition coefficient (Wildman–Crippen LogP) is 4.24. The first-order chi connectivity index (χ1) is 15.0. The molecule has 0 N–H and O–H groups in total. The molecule has 2 heterocycles. The largest absolute Gasteiger partial charge is 0.497 e. The quantitative estimate of drug-likeness (QED) is 0.578. The Morgan fingerprint density at radius 3 is 2.45 bits per heavy atom. The maximum atomic E-state index is 13.1. The number of amides is 1. The van der Waals surface area contributed by atoms with Gasteiger partial charge in [0.05, 0.1) is 26.0 Å². The highest BCUT2D eigenvalue weighted by molar-refractivity contribution is 7.17. The number of benzene rings is 2. The van der Waals surface area contributed by atoms with Crippen LogP contribution in [-0.2, 0) is 11.3 Å². The fourth-order valence-corrected chi connectivity index (χ4v) is 4.67. The van der Waals surface area contributed by atoms with E-state index in [2.05, 4.69) is 34.1 Å². The van der Waals surface area contributed by atoms with E-state index in [9.17, 15) is 4.79 Å². The third kappa shape index (κ3) is 4.89. The molecule has 2 aromatic carbocycles. The molecular weight excluding hydrogens is 410 g/mol. The minimum absolute atomic E-state index is 0.00739. The van der Waals surface area contributed by atoms with Crippen molar-refractivity contribution in [1.29, 1.82) is 0 Å². The summed E-state index contributed by atoms with van der Waals surface area (Å²) in [4.78, 5) is 22.5. The number of thiazole rings is 1. The van der Waals surface area contributed by atoms with Crippen molar-refractivity contribution in [1.82, 2.24) is 9.88 Å². The molecule has 1 aromatic heterocycles. The van der Waals surface area contributed by atoms with Crippen LogP contribution in [0, 0.1) is 6.92 Å². The van der Waals surface area contributed by atoms with Gasteiger partial charge in [0.1, 0.15) is 15.6 Å². The number of hydrogen-bond donors (Lipinski definition) is 0. The standard InChI is InChI=1S/C24H27N3O3S/c1-17-22(31-23(25-17)19-6-10-21(29-3)11-7-19)24(28)26(2)16-18-4-8-20(9-5-18)27-12-14-30-15-13-27/h4-11H,12-16H2,1-3H3. The lowest BCUT2D eigenvalue weighted by molar-refractivity contribution is 0.0789. The van der Waals surface area contributed by atoms with Gasteiger partial charge in [0, 0.05) is 37.9 Å². The zero-order valence-corrected chi connectivity index (χ0v) is 18.9. The molecule has 0 unspecified atom stereocenters. The molecule has 0 bridgehead atoms. The number of nitrogens with zero attached hydrogens (tertiary/aromatic N) is 3. The lowest BCUT2D eigenvalue weighted by Gasteiger charge is -2.29. The Kier molecular flexibility index (Phi) is 6.53. The van der Waals surface area contributed by atoms with Crippen molar-refractivity contribution >= 4 is 22.9 Å². The van der Waals surface area contributed by atoms with Crippen LogP contribution >= 0.6 is 11.3 Å². The number of ether oxygens (including phenoxy) is 2. The van der Waals surface area contributed by atoms with Gasteiger partial charge >= 0.3 is 0 Å². The average Bonchev–Trinajstić information content (AvgIpc) is 3.21. The summed E-state index contributed by atoms with van der Waals surface area (Å²) < 4.78 is 10.6. The van der Waals surface area contributed by atoms with Crippen molar-refractivity contribution in [3.8, 4) is 16.3 Å². The van der Waals surface area contributed by atoms with Gasteiger partial charge in [-0.2, -0.15) is 0 Å². The second-order valence-corrected chi connectivity index (χ2v) is 8.59. The van der Waals surface area contributed by atoms with Crippen molar-refractivity contribution < 1.29 is 14.3 Å². The highest BCUT2D eigenvalue weighted by atomic mass is 32.1. The summed E-state index contributed by atoms with van der Waals surface area (Å²) in [5, 5.41) is 0.840. The molecule has 0 saturated carbocycles. The number of methoxy groups -OCH3 is 1. The van der Waals surface area contributed by atoms with Crippen LogP contribution in [-0.4, -0.2) is 56.3 Å². The van der Waals surface area contributed by atoms with Gasteiger partial charge in [-0.3, -0.25) is 4.79 Å². The van der Waals surface area contributed by atoms with Crippen molar-refractivity contribution in [2.45, 2.75) is 13.5 Å². The Labute approximate surface area is 187 Å². The van der Waals surface area contributed by atoms with E-state index >= 15 is 0 Å². The lowest BCUT2D eigenvalue weighted by atomic mass is 10.1. The molecule has 3 aromatic rings. The van der Waals surface area contributed by atoms with Crippen LogP contribution in [0.2, 0.25) is 0 Å². The van der Waals surface area contributed by atoms with E-state index in [1.54, 1.807) is 12.0 Å². The summed E-state index contributed by atoms with van der Waals surface area (Å²) in [5.74, 6) is 0.791. The monoisotopic (exact) mass is 437 g/mol. The second-order valence-electron chi connectivity index (χ2n) is 7.59. The van der Waals surface area contributed by atoms with E-state index in [0.29, 0.717) is 11.4 Å². The number of carbonyl (C=O) groups excluding carboxylic acids is 1. The highest BCUT2D eigenvalue weighted by Crippen LogP contribution is 2.30. The smallest absolute Gasteiger partial charge is 0.265 e. The van der Waals surface area contributed by atoms with Crippen LogP contribution in [0.25, 0.3) is 10.6 Å². The van der Waals surface area contributed by atoms with Crippen molar-refractivity contribution in [2.24, 2.45) is 0 Å². The van der Waals surface area contributed by atoms with E-state index < -0.39 is 0 Å². The SMILES string of the molecule is COc1ccc(-c2nc(C)c(C(=O)N(C)Cc3ccc(N4CCOCC4)cc3)s2)cc1. The zero-order valence-electron chi connectivity index (χ0n) is 18.1. The van der Waals surface area contributed by atoms with Crippen LogP contribution < -0.4 is 9.64 Å².